The minimum atomic E-state index is -0.539. The van der Waals surface area contributed by atoms with Gasteiger partial charge in [-0.25, -0.2) is 14.4 Å². The van der Waals surface area contributed by atoms with Gasteiger partial charge in [0.2, 0.25) is 0 Å². The molecule has 10 heteroatoms. The van der Waals surface area contributed by atoms with E-state index in [-0.39, 0.29) is 11.1 Å². The van der Waals surface area contributed by atoms with Gasteiger partial charge < -0.3 is 4.74 Å². The number of aromatic nitrogens is 4. The van der Waals surface area contributed by atoms with Crippen LogP contribution in [-0.4, -0.2) is 33.2 Å². The van der Waals surface area contributed by atoms with Crippen LogP contribution in [0.15, 0.2) is 67.0 Å². The molecule has 3 heterocycles. The summed E-state index contributed by atoms with van der Waals surface area (Å²) in [6.07, 6.45) is 2.89. The number of carbonyl (C=O) groups excluding carboxylic acids is 1. The first-order chi connectivity index (χ1) is 17.1. The van der Waals surface area contributed by atoms with Crippen molar-refractivity contribution in [2.24, 2.45) is 0 Å². The normalized spacial score (nSPS) is 10.7. The molecule has 0 saturated heterocycles. The fourth-order valence-electron chi connectivity index (χ4n) is 3.56. The zero-order valence-corrected chi connectivity index (χ0v) is 19.0. The van der Waals surface area contributed by atoms with Gasteiger partial charge in [-0.1, -0.05) is 29.5 Å². The molecule has 0 unspecified atom stereocenters. The van der Waals surface area contributed by atoms with Crippen molar-refractivity contribution in [3.8, 4) is 34.2 Å². The standard InChI is InChI=1S/C25H15FN6O2S/c1-34-22-5-3-2-4-15(22)17-12-28-29-13-18(17)23(33)32-25-31-21-9-8-20(30-24(21)35-25)16-7-6-14(11-27)10-19(16)26/h2-10,12-13H,1H3,(H,31,32,33). The summed E-state index contributed by atoms with van der Waals surface area (Å²) in [4.78, 5) is 22.6. The maximum absolute atomic E-state index is 14.4. The molecule has 1 amide bonds. The number of hydrogen-bond acceptors (Lipinski definition) is 8. The molecule has 8 nitrogen and oxygen atoms in total. The average Bonchev–Trinajstić information content (AvgIpc) is 3.30. The van der Waals surface area contributed by atoms with Crippen LogP contribution >= 0.6 is 11.3 Å². The second kappa shape index (κ2) is 9.24. The van der Waals surface area contributed by atoms with Crippen molar-refractivity contribution in [1.29, 1.82) is 5.26 Å². The smallest absolute Gasteiger partial charge is 0.259 e. The molecule has 5 aromatic rings. The van der Waals surface area contributed by atoms with Gasteiger partial charge in [0.05, 0.1) is 42.4 Å². The number of ether oxygens (including phenoxy) is 1. The zero-order chi connectivity index (χ0) is 24.4. The molecule has 0 bridgehead atoms. The van der Waals surface area contributed by atoms with Crippen molar-refractivity contribution in [3.63, 3.8) is 0 Å². The number of rotatable bonds is 5. The first kappa shape index (κ1) is 22.1. The largest absolute Gasteiger partial charge is 0.496 e. The fraction of sp³-hybridized carbons (Fsp3) is 0.0400. The highest BCUT2D eigenvalue weighted by atomic mass is 32.1. The van der Waals surface area contributed by atoms with E-state index in [9.17, 15) is 9.18 Å². The maximum atomic E-state index is 14.4. The zero-order valence-electron chi connectivity index (χ0n) is 18.2. The molecule has 3 aromatic heterocycles. The monoisotopic (exact) mass is 482 g/mol. The van der Waals surface area contributed by atoms with E-state index in [0.29, 0.717) is 43.6 Å². The predicted molar refractivity (Wildman–Crippen MR) is 129 cm³/mol. The van der Waals surface area contributed by atoms with Gasteiger partial charge in [0.25, 0.3) is 5.91 Å². The molecular weight excluding hydrogens is 467 g/mol. The third kappa shape index (κ3) is 4.28. The SMILES string of the molecule is COc1ccccc1-c1cnncc1C(=O)Nc1nc2ccc(-c3ccc(C#N)cc3F)nc2s1. The molecule has 5 rings (SSSR count). The van der Waals surface area contributed by atoms with Crippen LogP contribution in [0.4, 0.5) is 9.52 Å². The highest BCUT2D eigenvalue weighted by molar-refractivity contribution is 7.22. The molecule has 0 atom stereocenters. The van der Waals surface area contributed by atoms with Crippen LogP contribution in [0.3, 0.4) is 0 Å². The number of anilines is 1. The lowest BCUT2D eigenvalue weighted by Gasteiger charge is -2.11. The number of hydrogen-bond donors (Lipinski definition) is 1. The van der Waals surface area contributed by atoms with Crippen molar-refractivity contribution in [2.45, 2.75) is 0 Å². The Bertz CT molecular complexity index is 1630. The van der Waals surface area contributed by atoms with Crippen LogP contribution in [0.1, 0.15) is 15.9 Å². The number of amides is 1. The van der Waals surface area contributed by atoms with Gasteiger partial charge in [-0.15, -0.1) is 0 Å². The van der Waals surface area contributed by atoms with Crippen molar-refractivity contribution < 1.29 is 13.9 Å². The molecule has 0 aliphatic carbocycles. The molecule has 170 valence electrons. The Morgan fingerprint density at radius 1 is 1.03 bits per heavy atom. The summed E-state index contributed by atoms with van der Waals surface area (Å²) in [6, 6.07) is 16.8. The van der Waals surface area contributed by atoms with E-state index in [1.54, 1.807) is 25.3 Å². The first-order valence-electron chi connectivity index (χ1n) is 10.3. The number of thiazole rings is 1. The summed E-state index contributed by atoms with van der Waals surface area (Å²) < 4.78 is 19.9. The Hall–Kier alpha value is -4.75. The Balaban J connectivity index is 1.45. The molecule has 2 aromatic carbocycles. The summed E-state index contributed by atoms with van der Waals surface area (Å²) >= 11 is 1.16. The van der Waals surface area contributed by atoms with Crippen LogP contribution in [0.5, 0.6) is 5.75 Å². The Labute approximate surface area is 202 Å². The van der Waals surface area contributed by atoms with Crippen molar-refractivity contribution in [2.75, 3.05) is 12.4 Å². The Morgan fingerprint density at radius 3 is 2.66 bits per heavy atom. The second-order valence-corrected chi connectivity index (χ2v) is 8.29. The summed E-state index contributed by atoms with van der Waals surface area (Å²) in [6.45, 7) is 0. The van der Waals surface area contributed by atoms with E-state index < -0.39 is 11.7 Å². The van der Waals surface area contributed by atoms with Crippen LogP contribution in [0.2, 0.25) is 0 Å². The minimum absolute atomic E-state index is 0.230. The third-order valence-electron chi connectivity index (χ3n) is 5.22. The number of para-hydroxylation sites is 1. The predicted octanol–water partition coefficient (Wildman–Crippen LogP) is 5.09. The lowest BCUT2D eigenvalue weighted by Crippen LogP contribution is -2.14. The topological polar surface area (TPSA) is 114 Å². The summed E-state index contributed by atoms with van der Waals surface area (Å²) in [5.41, 5.74) is 3.03. The highest BCUT2D eigenvalue weighted by Crippen LogP contribution is 2.33. The number of fused-ring (bicyclic) bond motifs is 1. The number of nitriles is 1. The van der Waals surface area contributed by atoms with E-state index in [0.717, 1.165) is 11.3 Å². The molecule has 0 spiro atoms. The summed E-state index contributed by atoms with van der Waals surface area (Å²) in [7, 11) is 1.55. The van der Waals surface area contributed by atoms with E-state index in [1.165, 1.54) is 30.6 Å². The Morgan fingerprint density at radius 2 is 1.86 bits per heavy atom. The molecule has 0 aliphatic rings. The van der Waals surface area contributed by atoms with Crippen molar-refractivity contribution in [1.82, 2.24) is 20.2 Å². The number of methoxy groups -OCH3 is 1. The number of nitrogens with zero attached hydrogens (tertiary/aromatic N) is 5. The van der Waals surface area contributed by atoms with Crippen LogP contribution in [0, 0.1) is 17.1 Å². The molecule has 0 fully saturated rings. The van der Waals surface area contributed by atoms with Gasteiger partial charge in [0.15, 0.2) is 5.13 Å². The summed E-state index contributed by atoms with van der Waals surface area (Å²) in [5, 5.41) is 19.8. The molecule has 0 saturated carbocycles. The number of halogens is 1. The summed E-state index contributed by atoms with van der Waals surface area (Å²) in [5.74, 6) is -0.359. The Kier molecular flexibility index (Phi) is 5.83. The molecular formula is C25H15FN6O2S. The van der Waals surface area contributed by atoms with Gasteiger partial charge in [0.1, 0.15) is 21.9 Å². The van der Waals surface area contributed by atoms with Gasteiger partial charge in [0, 0.05) is 16.7 Å². The molecule has 35 heavy (non-hydrogen) atoms. The quantitative estimate of drug-likeness (QED) is 0.371. The van der Waals surface area contributed by atoms with E-state index in [4.69, 9.17) is 10.00 Å². The number of benzene rings is 2. The lowest BCUT2D eigenvalue weighted by molar-refractivity contribution is 0.102. The van der Waals surface area contributed by atoms with Crippen LogP contribution in [-0.2, 0) is 0 Å². The van der Waals surface area contributed by atoms with Crippen LogP contribution < -0.4 is 10.1 Å². The molecule has 1 N–H and O–H groups in total. The number of carbonyl (C=O) groups is 1. The average molecular weight is 483 g/mol. The van der Waals surface area contributed by atoms with Gasteiger partial charge in [-0.05, 0) is 36.4 Å². The van der Waals surface area contributed by atoms with Gasteiger partial charge in [-0.2, -0.15) is 15.5 Å². The van der Waals surface area contributed by atoms with E-state index >= 15 is 0 Å². The third-order valence-corrected chi connectivity index (χ3v) is 6.10. The van der Waals surface area contributed by atoms with Crippen molar-refractivity contribution >= 4 is 32.7 Å². The fourth-order valence-corrected chi connectivity index (χ4v) is 4.39. The molecule has 0 radical (unpaired) electrons. The van der Waals surface area contributed by atoms with Crippen molar-refractivity contribution in [3.05, 3.63) is 83.9 Å². The highest BCUT2D eigenvalue weighted by Gasteiger charge is 2.19. The maximum Gasteiger partial charge on any atom is 0.259 e. The first-order valence-corrected chi connectivity index (χ1v) is 11.1. The molecule has 0 aliphatic heterocycles. The lowest BCUT2D eigenvalue weighted by atomic mass is 10.0. The van der Waals surface area contributed by atoms with E-state index in [1.807, 2.05) is 24.3 Å². The number of nitrogens with one attached hydrogen (secondary N) is 1. The minimum Gasteiger partial charge on any atom is -0.496 e. The van der Waals surface area contributed by atoms with E-state index in [2.05, 4.69) is 25.5 Å². The van der Waals surface area contributed by atoms with Crippen LogP contribution in [0.25, 0.3) is 32.7 Å². The van der Waals surface area contributed by atoms with Gasteiger partial charge in [-0.3, -0.25) is 10.1 Å². The second-order valence-electron chi connectivity index (χ2n) is 7.32. The number of pyridine rings is 1. The van der Waals surface area contributed by atoms with Gasteiger partial charge >= 0.3 is 0 Å².